The van der Waals surface area contributed by atoms with E-state index in [4.69, 9.17) is 9.26 Å². The average Bonchev–Trinajstić information content (AvgIpc) is 2.98. The van der Waals surface area contributed by atoms with Gasteiger partial charge in [-0.3, -0.25) is 4.79 Å². The first kappa shape index (κ1) is 17.2. The number of carbonyl (C=O) groups excluding carboxylic acids is 3. The van der Waals surface area contributed by atoms with Gasteiger partial charge in [0.05, 0.1) is 18.2 Å². The maximum Gasteiger partial charge on any atom is 0.339 e. The van der Waals surface area contributed by atoms with Gasteiger partial charge in [-0.25, -0.2) is 9.59 Å². The van der Waals surface area contributed by atoms with Crippen LogP contribution in [0.3, 0.4) is 0 Å². The molecule has 8 nitrogen and oxygen atoms in total. The van der Waals surface area contributed by atoms with E-state index in [1.54, 1.807) is 19.1 Å². The van der Waals surface area contributed by atoms with Crippen molar-refractivity contribution in [3.63, 3.8) is 0 Å². The lowest BCUT2D eigenvalue weighted by molar-refractivity contribution is -0.123. The zero-order valence-corrected chi connectivity index (χ0v) is 13.4. The van der Waals surface area contributed by atoms with Crippen molar-refractivity contribution in [2.24, 2.45) is 0 Å². The number of benzene rings is 1. The molecule has 0 saturated carbocycles. The number of nitrogens with one attached hydrogen (secondary N) is 1. The summed E-state index contributed by atoms with van der Waals surface area (Å²) in [5.74, 6) is -1.31. The summed E-state index contributed by atoms with van der Waals surface area (Å²) in [6.07, 6.45) is -1.10. The van der Waals surface area contributed by atoms with Crippen molar-refractivity contribution in [2.75, 3.05) is 12.4 Å². The van der Waals surface area contributed by atoms with Gasteiger partial charge in [-0.1, -0.05) is 17.3 Å². The van der Waals surface area contributed by atoms with Crippen LogP contribution in [0.15, 0.2) is 34.9 Å². The molecular formula is C16H16N2O6. The van der Waals surface area contributed by atoms with E-state index in [9.17, 15) is 14.4 Å². The van der Waals surface area contributed by atoms with Crippen molar-refractivity contribution in [3.05, 3.63) is 47.2 Å². The molecule has 0 bridgehead atoms. The number of methoxy groups -OCH3 is 1. The number of hydrogen-bond donors (Lipinski definition) is 1. The van der Waals surface area contributed by atoms with Crippen molar-refractivity contribution in [3.8, 4) is 0 Å². The van der Waals surface area contributed by atoms with E-state index < -0.39 is 23.9 Å². The van der Waals surface area contributed by atoms with Gasteiger partial charge < -0.3 is 19.3 Å². The topological polar surface area (TPSA) is 108 Å². The van der Waals surface area contributed by atoms with Crippen LogP contribution in [0.25, 0.3) is 0 Å². The van der Waals surface area contributed by atoms with E-state index in [1.807, 2.05) is 0 Å². The number of anilines is 1. The Morgan fingerprint density at radius 2 is 1.79 bits per heavy atom. The quantitative estimate of drug-likeness (QED) is 0.834. The van der Waals surface area contributed by atoms with Gasteiger partial charge in [0.25, 0.3) is 5.91 Å². The number of nitrogens with zero attached hydrogens (tertiary/aromatic N) is 1. The van der Waals surface area contributed by atoms with Gasteiger partial charge in [0.15, 0.2) is 11.9 Å². The molecule has 1 amide bonds. The second kappa shape index (κ2) is 7.40. The number of aromatic nitrogens is 1. The largest absolute Gasteiger partial charge is 0.465 e. The maximum atomic E-state index is 12.2. The van der Waals surface area contributed by atoms with Crippen LogP contribution >= 0.6 is 0 Å². The molecule has 1 aromatic carbocycles. The molecular weight excluding hydrogens is 316 g/mol. The third kappa shape index (κ3) is 3.97. The number of aryl methyl sites for hydroxylation is 1. The van der Waals surface area contributed by atoms with Gasteiger partial charge in [0, 0.05) is 6.07 Å². The first-order valence-electron chi connectivity index (χ1n) is 7.05. The highest BCUT2D eigenvalue weighted by molar-refractivity contribution is 6.04. The van der Waals surface area contributed by atoms with Gasteiger partial charge in [0.1, 0.15) is 5.76 Å². The summed E-state index contributed by atoms with van der Waals surface area (Å²) in [7, 11) is 1.21. The van der Waals surface area contributed by atoms with Crippen LogP contribution in [0.4, 0.5) is 5.82 Å². The average molecular weight is 332 g/mol. The lowest BCUT2D eigenvalue weighted by Gasteiger charge is -2.13. The summed E-state index contributed by atoms with van der Waals surface area (Å²) in [5.41, 5.74) is 0.0750. The van der Waals surface area contributed by atoms with Crippen LogP contribution in [-0.2, 0) is 14.3 Å². The highest BCUT2D eigenvalue weighted by Crippen LogP contribution is 2.14. The zero-order chi connectivity index (χ0) is 17.7. The van der Waals surface area contributed by atoms with Crippen molar-refractivity contribution in [1.82, 2.24) is 5.16 Å². The summed E-state index contributed by atoms with van der Waals surface area (Å²) < 4.78 is 14.5. The minimum atomic E-state index is -1.10. The SMILES string of the molecule is COC(=O)c1ccccc1C(=O)OC(C)C(=O)Nc1cc(C)on1. The Hall–Kier alpha value is -3.16. The lowest BCUT2D eigenvalue weighted by Crippen LogP contribution is -2.30. The molecule has 24 heavy (non-hydrogen) atoms. The monoisotopic (exact) mass is 332 g/mol. The predicted molar refractivity (Wildman–Crippen MR) is 82.5 cm³/mol. The van der Waals surface area contributed by atoms with Gasteiger partial charge in [-0.15, -0.1) is 0 Å². The highest BCUT2D eigenvalue weighted by atomic mass is 16.5. The molecule has 126 valence electrons. The fourth-order valence-electron chi connectivity index (χ4n) is 1.88. The van der Waals surface area contributed by atoms with Crippen LogP contribution in [0.5, 0.6) is 0 Å². The van der Waals surface area contributed by atoms with Gasteiger partial charge in [0.2, 0.25) is 0 Å². The summed E-state index contributed by atoms with van der Waals surface area (Å²) in [6.45, 7) is 3.08. The highest BCUT2D eigenvalue weighted by Gasteiger charge is 2.23. The predicted octanol–water partition coefficient (Wildman–Crippen LogP) is 1.95. The lowest BCUT2D eigenvalue weighted by atomic mass is 10.1. The summed E-state index contributed by atoms with van der Waals surface area (Å²) in [4.78, 5) is 35.9. The van der Waals surface area contributed by atoms with E-state index in [-0.39, 0.29) is 16.9 Å². The minimum absolute atomic E-state index is 0.0151. The summed E-state index contributed by atoms with van der Waals surface area (Å²) in [6, 6.07) is 7.54. The Kier molecular flexibility index (Phi) is 5.31. The molecule has 8 heteroatoms. The molecule has 0 radical (unpaired) electrons. The third-order valence-electron chi connectivity index (χ3n) is 3.08. The van der Waals surface area contributed by atoms with Crippen molar-refractivity contribution in [1.29, 1.82) is 0 Å². The Labute approximate surface area is 137 Å². The second-order valence-corrected chi connectivity index (χ2v) is 4.90. The van der Waals surface area contributed by atoms with E-state index >= 15 is 0 Å². The molecule has 0 spiro atoms. The van der Waals surface area contributed by atoms with Crippen molar-refractivity contribution >= 4 is 23.7 Å². The number of esters is 2. The number of rotatable bonds is 5. The van der Waals surface area contributed by atoms with Gasteiger partial charge in [-0.2, -0.15) is 0 Å². The Balaban J connectivity index is 2.06. The number of carbonyl (C=O) groups is 3. The molecule has 2 rings (SSSR count). The van der Waals surface area contributed by atoms with Crippen LogP contribution in [0.2, 0.25) is 0 Å². The molecule has 0 aliphatic carbocycles. The molecule has 0 saturated heterocycles. The molecule has 1 N–H and O–H groups in total. The molecule has 0 aliphatic rings. The second-order valence-electron chi connectivity index (χ2n) is 4.90. The standard InChI is InChI=1S/C16H16N2O6/c1-9-8-13(18-24-9)17-14(19)10(2)23-16(21)12-7-5-4-6-11(12)15(20)22-3/h4-8,10H,1-3H3,(H,17,18,19). The van der Waals surface area contributed by atoms with Gasteiger partial charge >= 0.3 is 11.9 Å². The number of amides is 1. The minimum Gasteiger partial charge on any atom is -0.465 e. The molecule has 1 heterocycles. The Bertz CT molecular complexity index is 767. The fraction of sp³-hybridized carbons (Fsp3) is 0.250. The molecule has 1 atom stereocenters. The smallest absolute Gasteiger partial charge is 0.339 e. The van der Waals surface area contributed by atoms with Crippen molar-refractivity contribution in [2.45, 2.75) is 20.0 Å². The molecule has 0 fully saturated rings. The number of ether oxygens (including phenoxy) is 2. The van der Waals surface area contributed by atoms with E-state index in [1.165, 1.54) is 32.2 Å². The first-order chi connectivity index (χ1) is 11.4. The summed E-state index contributed by atoms with van der Waals surface area (Å²) in [5, 5.41) is 6.07. The first-order valence-corrected chi connectivity index (χ1v) is 7.05. The fourth-order valence-corrected chi connectivity index (χ4v) is 1.88. The van der Waals surface area contributed by atoms with Crippen molar-refractivity contribution < 1.29 is 28.4 Å². The third-order valence-corrected chi connectivity index (χ3v) is 3.08. The molecule has 1 unspecified atom stereocenters. The van der Waals surface area contributed by atoms with Gasteiger partial charge in [-0.05, 0) is 26.0 Å². The maximum absolute atomic E-state index is 12.2. The van der Waals surface area contributed by atoms with E-state index in [0.717, 1.165) is 0 Å². The summed E-state index contributed by atoms with van der Waals surface area (Å²) >= 11 is 0. The molecule has 1 aromatic heterocycles. The van der Waals surface area contributed by atoms with Crippen LogP contribution in [0, 0.1) is 6.92 Å². The zero-order valence-electron chi connectivity index (χ0n) is 13.4. The Morgan fingerprint density at radius 1 is 1.17 bits per heavy atom. The Morgan fingerprint density at radius 3 is 2.33 bits per heavy atom. The normalized spacial score (nSPS) is 11.5. The number of hydrogen-bond acceptors (Lipinski definition) is 7. The molecule has 0 aliphatic heterocycles. The van der Waals surface area contributed by atoms with Crippen LogP contribution in [-0.4, -0.2) is 36.2 Å². The van der Waals surface area contributed by atoms with E-state index in [0.29, 0.717) is 5.76 Å². The van der Waals surface area contributed by atoms with E-state index in [2.05, 4.69) is 15.2 Å². The molecule has 2 aromatic rings. The van der Waals surface area contributed by atoms with Crippen LogP contribution in [0.1, 0.15) is 33.4 Å². The van der Waals surface area contributed by atoms with Crippen LogP contribution < -0.4 is 5.32 Å².